The highest BCUT2D eigenvalue weighted by atomic mass is 28.4. The van der Waals surface area contributed by atoms with Crippen molar-refractivity contribution in [1.29, 1.82) is 0 Å². The third-order valence-corrected chi connectivity index (χ3v) is 7.51. The van der Waals surface area contributed by atoms with E-state index in [1.54, 1.807) is 0 Å². The third-order valence-electron chi connectivity index (χ3n) is 2.97. The molecule has 0 radical (unpaired) electrons. The Labute approximate surface area is 106 Å². The molecule has 0 heterocycles. The number of carbonyl (C=O) groups is 1. The van der Waals surface area contributed by atoms with Crippen molar-refractivity contribution in [1.82, 2.24) is 5.32 Å². The van der Waals surface area contributed by atoms with E-state index in [1.165, 1.54) is 6.08 Å². The van der Waals surface area contributed by atoms with Gasteiger partial charge < -0.3 is 14.5 Å². The average molecular weight is 259 g/mol. The van der Waals surface area contributed by atoms with Crippen LogP contribution in [0.25, 0.3) is 0 Å². The molecule has 100 valence electrons. The monoisotopic (exact) mass is 259 g/mol. The third kappa shape index (κ3) is 6.48. The molecule has 0 rings (SSSR count). The molecule has 0 unspecified atom stereocenters. The Morgan fingerprint density at radius 2 is 2.00 bits per heavy atom. The van der Waals surface area contributed by atoms with E-state index in [2.05, 4.69) is 45.8 Å². The summed E-state index contributed by atoms with van der Waals surface area (Å²) in [6, 6.07) is 0. The summed E-state index contributed by atoms with van der Waals surface area (Å²) < 4.78 is 10.7. The van der Waals surface area contributed by atoms with Gasteiger partial charge in [-0.15, -0.1) is 0 Å². The van der Waals surface area contributed by atoms with E-state index in [4.69, 9.17) is 9.16 Å². The van der Waals surface area contributed by atoms with Crippen molar-refractivity contribution < 1.29 is 14.0 Å². The van der Waals surface area contributed by atoms with Crippen molar-refractivity contribution in [3.63, 3.8) is 0 Å². The molecule has 4 nitrogen and oxygen atoms in total. The molecule has 0 aromatic heterocycles. The molecule has 0 saturated heterocycles. The minimum Gasteiger partial charge on any atom is -0.445 e. The zero-order chi connectivity index (χ0) is 13.5. The maximum atomic E-state index is 11.1. The molecule has 5 heteroatoms. The van der Waals surface area contributed by atoms with Gasteiger partial charge in [-0.3, -0.25) is 0 Å². The van der Waals surface area contributed by atoms with Gasteiger partial charge in [0.2, 0.25) is 0 Å². The first-order chi connectivity index (χ1) is 7.70. The zero-order valence-corrected chi connectivity index (χ0v) is 12.6. The van der Waals surface area contributed by atoms with Gasteiger partial charge in [0.05, 0.1) is 6.61 Å². The lowest BCUT2D eigenvalue weighted by atomic mass is 10.2. The van der Waals surface area contributed by atoms with E-state index in [0.717, 1.165) is 0 Å². The van der Waals surface area contributed by atoms with Crippen LogP contribution in [0.15, 0.2) is 12.7 Å². The minimum absolute atomic E-state index is 0.191. The van der Waals surface area contributed by atoms with Gasteiger partial charge in [-0.1, -0.05) is 33.4 Å². The Morgan fingerprint density at radius 3 is 2.47 bits per heavy atom. The van der Waals surface area contributed by atoms with Gasteiger partial charge in [0.1, 0.15) is 6.61 Å². The summed E-state index contributed by atoms with van der Waals surface area (Å²) in [6.45, 7) is 15.6. The van der Waals surface area contributed by atoms with Gasteiger partial charge in [0.25, 0.3) is 0 Å². The molecule has 1 N–H and O–H groups in total. The molecule has 0 aromatic carbocycles. The van der Waals surface area contributed by atoms with E-state index >= 15 is 0 Å². The second-order valence-electron chi connectivity index (χ2n) is 5.42. The van der Waals surface area contributed by atoms with Gasteiger partial charge >= 0.3 is 6.09 Å². The summed E-state index contributed by atoms with van der Waals surface area (Å²) >= 11 is 0. The molecule has 0 aromatic rings. The van der Waals surface area contributed by atoms with Crippen LogP contribution >= 0.6 is 0 Å². The summed E-state index contributed by atoms with van der Waals surface area (Å²) in [5.74, 6) is 0. The van der Waals surface area contributed by atoms with Crippen molar-refractivity contribution in [2.75, 3.05) is 19.8 Å². The summed E-state index contributed by atoms with van der Waals surface area (Å²) in [4.78, 5) is 11.1. The molecule has 1 amide bonds. The standard InChI is InChI=1S/C12H25NO3Si/c1-7-9-15-11(14)13-8-10-16-17(5,6)12(2,3)4/h7H,1,8-10H2,2-6H3,(H,13,14). The molecule has 0 spiro atoms. The highest BCUT2D eigenvalue weighted by Crippen LogP contribution is 2.36. The fourth-order valence-electron chi connectivity index (χ4n) is 0.861. The van der Waals surface area contributed by atoms with Crippen molar-refractivity contribution in [2.45, 2.75) is 38.9 Å². The van der Waals surface area contributed by atoms with E-state index in [-0.39, 0.29) is 11.6 Å². The first-order valence-corrected chi connectivity index (χ1v) is 8.77. The first-order valence-electron chi connectivity index (χ1n) is 5.86. The van der Waals surface area contributed by atoms with E-state index < -0.39 is 14.4 Å². The highest BCUT2D eigenvalue weighted by molar-refractivity contribution is 6.74. The SMILES string of the molecule is C=CCOC(=O)NCCO[Si](C)(C)C(C)(C)C. The van der Waals surface area contributed by atoms with Gasteiger partial charge in [-0.25, -0.2) is 4.79 Å². The van der Waals surface area contributed by atoms with Crippen LogP contribution in [-0.2, 0) is 9.16 Å². The fourth-order valence-corrected chi connectivity index (χ4v) is 1.91. The lowest BCUT2D eigenvalue weighted by Gasteiger charge is -2.36. The number of amides is 1. The van der Waals surface area contributed by atoms with Gasteiger partial charge in [0, 0.05) is 6.54 Å². The van der Waals surface area contributed by atoms with Crippen molar-refractivity contribution in [2.24, 2.45) is 0 Å². The van der Waals surface area contributed by atoms with Gasteiger partial charge in [-0.2, -0.15) is 0 Å². The van der Waals surface area contributed by atoms with Crippen molar-refractivity contribution in [3.05, 3.63) is 12.7 Å². The largest absolute Gasteiger partial charge is 0.445 e. The maximum absolute atomic E-state index is 11.1. The second-order valence-corrected chi connectivity index (χ2v) is 10.2. The van der Waals surface area contributed by atoms with Crippen LogP contribution in [0.3, 0.4) is 0 Å². The lowest BCUT2D eigenvalue weighted by molar-refractivity contribution is 0.155. The van der Waals surface area contributed by atoms with Crippen LogP contribution in [0.5, 0.6) is 0 Å². The highest BCUT2D eigenvalue weighted by Gasteiger charge is 2.36. The van der Waals surface area contributed by atoms with Crippen LogP contribution in [0.1, 0.15) is 20.8 Å². The van der Waals surface area contributed by atoms with E-state index in [0.29, 0.717) is 13.2 Å². The molecule has 0 saturated carbocycles. The predicted octanol–water partition coefficient (Wildman–Crippen LogP) is 2.92. The Balaban J connectivity index is 3.78. The number of hydrogen-bond donors (Lipinski definition) is 1. The number of ether oxygens (including phenoxy) is 1. The number of rotatable bonds is 6. The molecule has 17 heavy (non-hydrogen) atoms. The van der Waals surface area contributed by atoms with E-state index in [9.17, 15) is 4.79 Å². The maximum Gasteiger partial charge on any atom is 0.407 e. The van der Waals surface area contributed by atoms with Crippen molar-refractivity contribution >= 4 is 14.4 Å². The second kappa shape index (κ2) is 6.81. The van der Waals surface area contributed by atoms with Gasteiger partial charge in [-0.05, 0) is 18.1 Å². The minimum atomic E-state index is -1.71. The predicted molar refractivity (Wildman–Crippen MR) is 72.7 cm³/mol. The topological polar surface area (TPSA) is 47.6 Å². The molecule has 0 aliphatic heterocycles. The quantitative estimate of drug-likeness (QED) is 0.453. The molecule has 0 bridgehead atoms. The summed E-state index contributed by atoms with van der Waals surface area (Å²) in [5.41, 5.74) is 0. The molecule has 0 aliphatic rings. The van der Waals surface area contributed by atoms with Crippen LogP contribution in [-0.4, -0.2) is 34.2 Å². The van der Waals surface area contributed by atoms with Crippen LogP contribution in [0, 0.1) is 0 Å². The fraction of sp³-hybridized carbons (Fsp3) is 0.750. The zero-order valence-electron chi connectivity index (χ0n) is 11.6. The van der Waals surface area contributed by atoms with Crippen molar-refractivity contribution in [3.8, 4) is 0 Å². The van der Waals surface area contributed by atoms with E-state index in [1.807, 2.05) is 0 Å². The molecule has 0 aliphatic carbocycles. The smallest absolute Gasteiger partial charge is 0.407 e. The Morgan fingerprint density at radius 1 is 1.41 bits per heavy atom. The summed E-state index contributed by atoms with van der Waals surface area (Å²) in [7, 11) is -1.71. The molecule has 0 fully saturated rings. The van der Waals surface area contributed by atoms with Crippen LogP contribution in [0.4, 0.5) is 4.79 Å². The number of nitrogens with one attached hydrogen (secondary N) is 1. The summed E-state index contributed by atoms with van der Waals surface area (Å²) in [5, 5.41) is 2.82. The number of hydrogen-bond acceptors (Lipinski definition) is 3. The lowest BCUT2D eigenvalue weighted by Crippen LogP contribution is -2.42. The summed E-state index contributed by atoms with van der Waals surface area (Å²) in [6.07, 6.45) is 1.11. The molecular formula is C12H25NO3Si. The van der Waals surface area contributed by atoms with Crippen LogP contribution < -0.4 is 5.32 Å². The average Bonchev–Trinajstić information content (AvgIpc) is 2.20. The van der Waals surface area contributed by atoms with Crippen LogP contribution in [0.2, 0.25) is 18.1 Å². The Bertz CT molecular complexity index is 259. The van der Waals surface area contributed by atoms with Gasteiger partial charge in [0.15, 0.2) is 8.32 Å². The Hall–Kier alpha value is -0.813. The number of alkyl carbamates (subject to hydrolysis) is 1. The Kier molecular flexibility index (Phi) is 6.48. The first kappa shape index (κ1) is 16.2. The normalized spacial score (nSPS) is 12.1. The molecule has 0 atom stereocenters. The molecular weight excluding hydrogens is 234 g/mol. The number of carbonyl (C=O) groups excluding carboxylic acids is 1.